The van der Waals surface area contributed by atoms with Crippen LogP contribution in [0.3, 0.4) is 0 Å². The second-order valence-corrected chi connectivity index (χ2v) is 9.27. The topological polar surface area (TPSA) is 149 Å². The molecule has 1 unspecified atom stereocenters. The van der Waals surface area contributed by atoms with Crippen LogP contribution in [-0.2, 0) is 9.47 Å². The van der Waals surface area contributed by atoms with E-state index in [1.165, 1.54) is 7.05 Å². The quantitative estimate of drug-likeness (QED) is 0.355. The molecule has 1 spiro atoms. The van der Waals surface area contributed by atoms with Gasteiger partial charge in [0.05, 0.1) is 46.7 Å². The van der Waals surface area contributed by atoms with Gasteiger partial charge in [-0.1, -0.05) is 34.5 Å². The summed E-state index contributed by atoms with van der Waals surface area (Å²) in [6, 6.07) is -0.527. The van der Waals surface area contributed by atoms with Gasteiger partial charge in [0.25, 0.3) is 11.8 Å². The van der Waals surface area contributed by atoms with Crippen LogP contribution >= 0.6 is 34.5 Å². The van der Waals surface area contributed by atoms with Crippen molar-refractivity contribution < 1.29 is 58.5 Å². The molecule has 4 rings (SSSR count). The Bertz CT molecular complexity index is 1120. The van der Waals surface area contributed by atoms with Crippen molar-refractivity contribution in [2.75, 3.05) is 38.3 Å². The van der Waals surface area contributed by atoms with Crippen LogP contribution in [0, 0.1) is 6.92 Å². The zero-order valence-corrected chi connectivity index (χ0v) is 22.9. The van der Waals surface area contributed by atoms with Gasteiger partial charge in [-0.3, -0.25) is 9.59 Å². The molecular weight excluding hydrogens is 520 g/mol. The minimum atomic E-state index is -1.49. The van der Waals surface area contributed by atoms with Crippen molar-refractivity contribution in [1.82, 2.24) is 20.6 Å². The van der Waals surface area contributed by atoms with Crippen molar-refractivity contribution in [3.63, 3.8) is 0 Å². The van der Waals surface area contributed by atoms with E-state index in [-0.39, 0.29) is 62.4 Å². The number of halogens is 2. The normalized spacial score (nSPS) is 19.1. The SMILES string of the molecule is CNC(=O)c1nc(N2CCC(NC(=O)c3[nH]c(C)c(Cl)c3Cl)C3(C2)OCCO3)sc1C(=O)[O-].[Na+]. The third-order valence-electron chi connectivity index (χ3n) is 5.51. The maximum atomic E-state index is 12.9. The van der Waals surface area contributed by atoms with Gasteiger partial charge in [0.2, 0.25) is 5.79 Å². The summed E-state index contributed by atoms with van der Waals surface area (Å²) in [5.74, 6) is -3.76. The van der Waals surface area contributed by atoms with E-state index < -0.39 is 29.6 Å². The smallest absolute Gasteiger partial charge is 0.544 e. The van der Waals surface area contributed by atoms with Crippen molar-refractivity contribution in [2.24, 2.45) is 0 Å². The number of rotatable bonds is 5. The molecule has 0 aliphatic carbocycles. The van der Waals surface area contributed by atoms with E-state index in [0.29, 0.717) is 37.0 Å². The number of H-pyrrole nitrogens is 1. The fraction of sp³-hybridized carbons (Fsp3) is 0.474. The van der Waals surface area contributed by atoms with E-state index >= 15 is 0 Å². The Morgan fingerprint density at radius 1 is 1.24 bits per heavy atom. The first-order chi connectivity index (χ1) is 15.7. The Balaban J connectivity index is 0.00000324. The predicted molar refractivity (Wildman–Crippen MR) is 118 cm³/mol. The molecule has 2 saturated heterocycles. The van der Waals surface area contributed by atoms with Crippen molar-refractivity contribution in [2.45, 2.75) is 25.2 Å². The van der Waals surface area contributed by atoms with Gasteiger partial charge in [0.1, 0.15) is 5.69 Å². The molecule has 1 atom stereocenters. The molecule has 34 heavy (non-hydrogen) atoms. The summed E-state index contributed by atoms with van der Waals surface area (Å²) in [6.07, 6.45) is 0.395. The Labute approximate surface area is 230 Å². The molecule has 0 radical (unpaired) electrons. The van der Waals surface area contributed by atoms with Gasteiger partial charge < -0.3 is 39.9 Å². The van der Waals surface area contributed by atoms with Crippen LogP contribution in [0.15, 0.2) is 0 Å². The molecule has 0 bridgehead atoms. The van der Waals surface area contributed by atoms with Crippen molar-refractivity contribution in [3.8, 4) is 0 Å². The van der Waals surface area contributed by atoms with E-state index in [9.17, 15) is 19.5 Å². The summed E-state index contributed by atoms with van der Waals surface area (Å²) in [5.41, 5.74) is 0.497. The summed E-state index contributed by atoms with van der Waals surface area (Å²) in [6.45, 7) is 2.89. The molecule has 2 aliphatic heterocycles. The molecule has 11 nitrogen and oxygen atoms in total. The molecule has 2 aromatic rings. The molecule has 2 amide bonds. The number of aromatic amines is 1. The van der Waals surface area contributed by atoms with Gasteiger partial charge in [-0.15, -0.1) is 0 Å². The Kier molecular flexibility index (Phi) is 8.57. The number of aromatic nitrogens is 2. The number of nitrogens with zero attached hydrogens (tertiary/aromatic N) is 2. The number of aromatic carboxylic acids is 1. The zero-order chi connectivity index (χ0) is 23.9. The minimum Gasteiger partial charge on any atom is -0.544 e. The molecule has 2 fully saturated rings. The molecule has 3 N–H and O–H groups in total. The first-order valence-corrected chi connectivity index (χ1v) is 11.6. The molecule has 0 saturated carbocycles. The molecule has 2 aliphatic rings. The number of amides is 2. The Morgan fingerprint density at radius 2 is 1.91 bits per heavy atom. The van der Waals surface area contributed by atoms with Crippen LogP contribution in [0.4, 0.5) is 5.13 Å². The van der Waals surface area contributed by atoms with E-state index in [0.717, 1.165) is 11.3 Å². The van der Waals surface area contributed by atoms with Crippen LogP contribution in [0.5, 0.6) is 0 Å². The summed E-state index contributed by atoms with van der Waals surface area (Å²) >= 11 is 13.1. The number of carbonyl (C=O) groups is 3. The number of anilines is 1. The zero-order valence-electron chi connectivity index (χ0n) is 18.6. The maximum absolute atomic E-state index is 12.9. The number of carbonyl (C=O) groups excluding carboxylic acids is 3. The number of nitrogens with one attached hydrogen (secondary N) is 3. The number of ether oxygens (including phenoxy) is 2. The second-order valence-electron chi connectivity index (χ2n) is 7.54. The average molecular weight is 540 g/mol. The molecule has 0 aromatic carbocycles. The van der Waals surface area contributed by atoms with E-state index in [2.05, 4.69) is 20.6 Å². The van der Waals surface area contributed by atoms with Gasteiger partial charge in [0, 0.05) is 19.3 Å². The summed E-state index contributed by atoms with van der Waals surface area (Å²) in [4.78, 5) is 45.0. The van der Waals surface area contributed by atoms with Crippen LogP contribution in [0.2, 0.25) is 10.0 Å². The van der Waals surface area contributed by atoms with Crippen LogP contribution < -0.4 is 50.2 Å². The van der Waals surface area contributed by atoms with Gasteiger partial charge in [-0.25, -0.2) is 4.98 Å². The fourth-order valence-corrected chi connectivity index (χ4v) is 5.22. The largest absolute Gasteiger partial charge is 1.00 e. The standard InChI is InChI=1S/C19H21Cl2N5O6S.Na/c1-8-10(20)11(21)12(23-8)16(28)24-9-3-4-26(7-19(9)31-5-6-32-19)18-25-13(15(27)22-2)14(33-18)17(29)30;/h9,23H,3-7H2,1-2H3,(H,22,27)(H,24,28)(H,29,30);/q;+1/p-1. The van der Waals surface area contributed by atoms with Gasteiger partial charge in [0.15, 0.2) is 10.8 Å². The van der Waals surface area contributed by atoms with Gasteiger partial charge in [-0.2, -0.15) is 0 Å². The Hall–Kier alpha value is -1.38. The summed E-state index contributed by atoms with van der Waals surface area (Å²) in [7, 11) is 1.38. The molecule has 178 valence electrons. The number of aryl methyl sites for hydroxylation is 1. The molecule has 4 heterocycles. The number of carboxylic acid groups (broad SMARTS) is 1. The van der Waals surface area contributed by atoms with E-state index in [1.807, 2.05) is 0 Å². The Morgan fingerprint density at radius 3 is 2.47 bits per heavy atom. The van der Waals surface area contributed by atoms with Gasteiger partial charge >= 0.3 is 29.6 Å². The number of thiazole rings is 1. The molecular formula is C19H20Cl2N5NaO6S. The maximum Gasteiger partial charge on any atom is 1.00 e. The summed E-state index contributed by atoms with van der Waals surface area (Å²) in [5, 5.41) is 17.5. The fourth-order valence-electron chi connectivity index (χ4n) is 3.88. The first-order valence-electron chi connectivity index (χ1n) is 9.98. The first kappa shape index (κ1) is 27.2. The summed E-state index contributed by atoms with van der Waals surface area (Å²) < 4.78 is 11.8. The molecule has 15 heteroatoms. The number of carboxylic acids is 1. The van der Waals surface area contributed by atoms with E-state index in [1.54, 1.807) is 11.8 Å². The van der Waals surface area contributed by atoms with Crippen LogP contribution in [0.1, 0.15) is 42.8 Å². The number of hydrogen-bond donors (Lipinski definition) is 3. The van der Waals surface area contributed by atoms with Crippen molar-refractivity contribution in [3.05, 3.63) is 32.0 Å². The van der Waals surface area contributed by atoms with Crippen molar-refractivity contribution in [1.29, 1.82) is 0 Å². The van der Waals surface area contributed by atoms with Gasteiger partial charge in [-0.05, 0) is 13.3 Å². The van der Waals surface area contributed by atoms with Crippen LogP contribution in [-0.4, -0.2) is 72.9 Å². The third kappa shape index (κ3) is 4.96. The second kappa shape index (κ2) is 10.7. The molecule has 2 aromatic heterocycles. The van der Waals surface area contributed by atoms with Crippen molar-refractivity contribution >= 4 is 57.5 Å². The van der Waals surface area contributed by atoms with E-state index in [4.69, 9.17) is 32.7 Å². The van der Waals surface area contributed by atoms with Crippen LogP contribution in [0.25, 0.3) is 0 Å². The minimum absolute atomic E-state index is 0. The third-order valence-corrected chi connectivity index (χ3v) is 7.55. The monoisotopic (exact) mass is 539 g/mol. The number of piperidine rings is 1. The predicted octanol–water partition coefficient (Wildman–Crippen LogP) is -2.43. The average Bonchev–Trinajstić information content (AvgIpc) is 3.50. The number of hydrogen-bond acceptors (Lipinski definition) is 9.